The molecule has 16 heavy (non-hydrogen) atoms. The van der Waals surface area contributed by atoms with Gasteiger partial charge in [-0.25, -0.2) is 0 Å². The second kappa shape index (κ2) is 5.99. The summed E-state index contributed by atoms with van der Waals surface area (Å²) in [6.07, 6.45) is 5.45. The molecule has 0 aromatic carbocycles. The van der Waals surface area contributed by atoms with Crippen molar-refractivity contribution in [1.29, 1.82) is 0 Å². The van der Waals surface area contributed by atoms with Crippen molar-refractivity contribution in [2.24, 2.45) is 11.7 Å². The highest BCUT2D eigenvalue weighted by Crippen LogP contribution is 2.27. The Morgan fingerprint density at radius 1 is 1.19 bits per heavy atom. The van der Waals surface area contributed by atoms with Crippen molar-refractivity contribution in [2.45, 2.75) is 38.6 Å². The number of hydrogen-bond donors (Lipinski definition) is 1. The van der Waals surface area contributed by atoms with Gasteiger partial charge in [0.15, 0.2) is 0 Å². The fourth-order valence-corrected chi connectivity index (χ4v) is 2.81. The Balaban J connectivity index is 1.67. The first-order valence-electron chi connectivity index (χ1n) is 7.00. The van der Waals surface area contributed by atoms with E-state index in [1.165, 1.54) is 58.4 Å². The molecule has 1 aliphatic heterocycles. The summed E-state index contributed by atoms with van der Waals surface area (Å²) in [7, 11) is 0. The maximum atomic E-state index is 5.82. The average molecular weight is 225 g/mol. The van der Waals surface area contributed by atoms with Gasteiger partial charge >= 0.3 is 0 Å². The minimum atomic E-state index is 0.720. The largest absolute Gasteiger partial charge is 0.330 e. The molecule has 3 nitrogen and oxygen atoms in total. The second-order valence-electron chi connectivity index (χ2n) is 5.46. The zero-order valence-electron chi connectivity index (χ0n) is 10.7. The Labute approximate surface area is 100.0 Å². The maximum absolute atomic E-state index is 5.82. The van der Waals surface area contributed by atoms with Crippen LogP contribution < -0.4 is 5.73 Å². The lowest BCUT2D eigenvalue weighted by atomic mass is 10.0. The van der Waals surface area contributed by atoms with Crippen LogP contribution in [0.15, 0.2) is 0 Å². The summed E-state index contributed by atoms with van der Waals surface area (Å²) in [5.74, 6) is 0.720. The van der Waals surface area contributed by atoms with E-state index in [-0.39, 0.29) is 0 Å². The molecule has 1 atom stereocenters. The number of rotatable bonds is 6. The molecule has 0 aromatic rings. The van der Waals surface area contributed by atoms with Gasteiger partial charge in [0.25, 0.3) is 0 Å². The number of piperazine rings is 1. The predicted molar refractivity (Wildman–Crippen MR) is 68.5 cm³/mol. The summed E-state index contributed by atoms with van der Waals surface area (Å²) in [6.45, 7) is 9.43. The molecule has 1 saturated carbocycles. The van der Waals surface area contributed by atoms with Crippen molar-refractivity contribution >= 4 is 0 Å². The highest BCUT2D eigenvalue weighted by atomic mass is 15.3. The van der Waals surface area contributed by atoms with E-state index in [4.69, 9.17) is 5.73 Å². The van der Waals surface area contributed by atoms with E-state index in [2.05, 4.69) is 16.7 Å². The molecule has 0 spiro atoms. The molecule has 94 valence electrons. The van der Waals surface area contributed by atoms with Gasteiger partial charge < -0.3 is 10.6 Å². The molecule has 1 unspecified atom stereocenters. The van der Waals surface area contributed by atoms with Gasteiger partial charge in [-0.2, -0.15) is 0 Å². The van der Waals surface area contributed by atoms with E-state index in [9.17, 15) is 0 Å². The van der Waals surface area contributed by atoms with Crippen LogP contribution in [0.1, 0.15) is 32.6 Å². The fourth-order valence-electron chi connectivity index (χ4n) is 2.81. The van der Waals surface area contributed by atoms with Crippen molar-refractivity contribution in [3.8, 4) is 0 Å². The Hall–Kier alpha value is -0.120. The first kappa shape index (κ1) is 12.3. The van der Waals surface area contributed by atoms with Crippen LogP contribution in [0, 0.1) is 5.92 Å². The Morgan fingerprint density at radius 2 is 1.88 bits per heavy atom. The van der Waals surface area contributed by atoms with Crippen LogP contribution >= 0.6 is 0 Å². The number of hydrogen-bond acceptors (Lipinski definition) is 3. The smallest absolute Gasteiger partial charge is 0.0113 e. The van der Waals surface area contributed by atoms with Gasteiger partial charge in [0, 0.05) is 38.8 Å². The topological polar surface area (TPSA) is 32.5 Å². The van der Waals surface area contributed by atoms with Crippen LogP contribution in [0.25, 0.3) is 0 Å². The SMILES string of the molecule is CCCC(CN)CN1CCN(C2CC2)CC1. The first-order valence-corrected chi connectivity index (χ1v) is 7.00. The van der Waals surface area contributed by atoms with Crippen LogP contribution in [0.4, 0.5) is 0 Å². The van der Waals surface area contributed by atoms with E-state index >= 15 is 0 Å². The van der Waals surface area contributed by atoms with Crippen LogP contribution in [0.3, 0.4) is 0 Å². The Kier molecular flexibility index (Phi) is 4.62. The minimum Gasteiger partial charge on any atom is -0.330 e. The highest BCUT2D eigenvalue weighted by Gasteiger charge is 2.31. The molecule has 1 aliphatic carbocycles. The van der Waals surface area contributed by atoms with Gasteiger partial charge in [-0.1, -0.05) is 13.3 Å². The van der Waals surface area contributed by atoms with Crippen LogP contribution in [0.5, 0.6) is 0 Å². The van der Waals surface area contributed by atoms with Crippen molar-refractivity contribution in [1.82, 2.24) is 9.80 Å². The molecular weight excluding hydrogens is 198 g/mol. The zero-order chi connectivity index (χ0) is 11.4. The normalized spacial score (nSPS) is 25.9. The van der Waals surface area contributed by atoms with E-state index in [0.29, 0.717) is 0 Å². The van der Waals surface area contributed by atoms with E-state index < -0.39 is 0 Å². The molecule has 0 aromatic heterocycles. The average Bonchev–Trinajstić information content (AvgIpc) is 3.13. The van der Waals surface area contributed by atoms with E-state index in [1.54, 1.807) is 0 Å². The highest BCUT2D eigenvalue weighted by molar-refractivity contribution is 4.87. The third-order valence-electron chi connectivity index (χ3n) is 4.02. The summed E-state index contributed by atoms with van der Waals surface area (Å²) in [5.41, 5.74) is 5.82. The number of nitrogens with two attached hydrogens (primary N) is 1. The van der Waals surface area contributed by atoms with Crippen LogP contribution in [-0.2, 0) is 0 Å². The lowest BCUT2D eigenvalue weighted by molar-refractivity contribution is 0.112. The van der Waals surface area contributed by atoms with Gasteiger partial charge in [0.05, 0.1) is 0 Å². The Bertz CT molecular complexity index is 195. The molecule has 2 aliphatic rings. The van der Waals surface area contributed by atoms with Gasteiger partial charge in [-0.15, -0.1) is 0 Å². The monoisotopic (exact) mass is 225 g/mol. The molecule has 3 heteroatoms. The summed E-state index contributed by atoms with van der Waals surface area (Å²) in [5, 5.41) is 0. The quantitative estimate of drug-likeness (QED) is 0.736. The fraction of sp³-hybridized carbons (Fsp3) is 1.00. The van der Waals surface area contributed by atoms with Gasteiger partial charge in [-0.05, 0) is 31.7 Å². The standard InChI is InChI=1S/C13H27N3/c1-2-3-12(10-14)11-15-6-8-16(9-7-15)13-4-5-13/h12-13H,2-11,14H2,1H3. The number of nitrogens with zero attached hydrogens (tertiary/aromatic N) is 2. The predicted octanol–water partition coefficient (Wildman–Crippen LogP) is 1.14. The van der Waals surface area contributed by atoms with Crippen LogP contribution in [-0.4, -0.2) is 55.1 Å². The summed E-state index contributed by atoms with van der Waals surface area (Å²) in [6, 6.07) is 0.947. The molecule has 1 saturated heterocycles. The molecule has 0 bridgehead atoms. The first-order chi connectivity index (χ1) is 7.83. The van der Waals surface area contributed by atoms with Gasteiger partial charge in [-0.3, -0.25) is 4.90 Å². The minimum absolute atomic E-state index is 0.720. The molecule has 2 N–H and O–H groups in total. The molecule has 1 heterocycles. The molecule has 0 amide bonds. The Morgan fingerprint density at radius 3 is 2.38 bits per heavy atom. The van der Waals surface area contributed by atoms with Crippen molar-refractivity contribution in [3.63, 3.8) is 0 Å². The van der Waals surface area contributed by atoms with Gasteiger partial charge in [0.2, 0.25) is 0 Å². The molecule has 2 rings (SSSR count). The van der Waals surface area contributed by atoms with Crippen molar-refractivity contribution in [2.75, 3.05) is 39.3 Å². The zero-order valence-corrected chi connectivity index (χ0v) is 10.7. The van der Waals surface area contributed by atoms with Gasteiger partial charge in [0.1, 0.15) is 0 Å². The molecule has 2 fully saturated rings. The summed E-state index contributed by atoms with van der Waals surface area (Å²) < 4.78 is 0. The van der Waals surface area contributed by atoms with Crippen LogP contribution in [0.2, 0.25) is 0 Å². The lowest BCUT2D eigenvalue weighted by Crippen LogP contribution is -2.48. The summed E-state index contributed by atoms with van der Waals surface area (Å²) >= 11 is 0. The molecular formula is C13H27N3. The third kappa shape index (κ3) is 3.44. The lowest BCUT2D eigenvalue weighted by Gasteiger charge is -2.36. The summed E-state index contributed by atoms with van der Waals surface area (Å²) in [4.78, 5) is 5.29. The molecule has 0 radical (unpaired) electrons. The van der Waals surface area contributed by atoms with Crippen molar-refractivity contribution in [3.05, 3.63) is 0 Å². The van der Waals surface area contributed by atoms with Crippen molar-refractivity contribution < 1.29 is 0 Å². The maximum Gasteiger partial charge on any atom is 0.0113 e. The van der Waals surface area contributed by atoms with E-state index in [1.807, 2.05) is 0 Å². The third-order valence-corrected chi connectivity index (χ3v) is 4.02. The second-order valence-corrected chi connectivity index (χ2v) is 5.46. The van der Waals surface area contributed by atoms with E-state index in [0.717, 1.165) is 18.5 Å².